The lowest BCUT2D eigenvalue weighted by atomic mass is 10.1. The second kappa shape index (κ2) is 8.52. The Bertz CT molecular complexity index is 1020. The number of benzene rings is 2. The van der Waals surface area contributed by atoms with E-state index >= 15 is 0 Å². The van der Waals surface area contributed by atoms with Gasteiger partial charge in [0.25, 0.3) is 11.8 Å². The van der Waals surface area contributed by atoms with Crippen molar-refractivity contribution in [3.8, 4) is 11.5 Å². The molecule has 29 heavy (non-hydrogen) atoms. The van der Waals surface area contributed by atoms with E-state index in [0.717, 1.165) is 0 Å². The fourth-order valence-electron chi connectivity index (χ4n) is 3.06. The highest BCUT2D eigenvalue weighted by Gasteiger charge is 2.29. The molecule has 2 N–H and O–H groups in total. The number of carbonyl (C=O) groups excluding carboxylic acids is 2. The lowest BCUT2D eigenvalue weighted by molar-refractivity contribution is 0.0940. The number of methoxy groups -OCH3 is 2. The van der Waals surface area contributed by atoms with Gasteiger partial charge in [-0.15, -0.1) is 0 Å². The molecule has 154 valence electrons. The van der Waals surface area contributed by atoms with Crippen LogP contribution < -0.4 is 20.1 Å². The van der Waals surface area contributed by atoms with Crippen molar-refractivity contribution in [2.75, 3.05) is 31.0 Å². The Morgan fingerprint density at radius 3 is 2.17 bits per heavy atom. The maximum Gasteiger partial charge on any atom is 0.255 e. The van der Waals surface area contributed by atoms with Crippen LogP contribution in [0.15, 0.2) is 42.5 Å². The molecule has 3 rings (SSSR count). The zero-order valence-electron chi connectivity index (χ0n) is 16.1. The van der Waals surface area contributed by atoms with Gasteiger partial charge in [0.15, 0.2) is 21.3 Å². The first kappa shape index (κ1) is 20.7. The molecule has 8 nitrogen and oxygen atoms in total. The van der Waals surface area contributed by atoms with Gasteiger partial charge >= 0.3 is 0 Å². The molecule has 1 saturated heterocycles. The molecule has 0 saturated carbocycles. The molecular formula is C20H22N2O6S. The van der Waals surface area contributed by atoms with E-state index in [1.165, 1.54) is 14.2 Å². The van der Waals surface area contributed by atoms with Crippen LogP contribution in [0.4, 0.5) is 5.69 Å². The van der Waals surface area contributed by atoms with Crippen molar-refractivity contribution in [3.05, 3.63) is 53.6 Å². The Balaban J connectivity index is 1.63. The van der Waals surface area contributed by atoms with Crippen LogP contribution in [-0.4, -0.2) is 52.0 Å². The van der Waals surface area contributed by atoms with E-state index in [0.29, 0.717) is 34.7 Å². The standard InChI is InChI=1S/C20H22N2O6S/c1-27-17-8-5-14(11-18(17)28-2)20(24)21-15-6-3-13(4-7-15)19(23)22-16-9-10-29(25,26)12-16/h3-8,11,16H,9-10,12H2,1-2H3,(H,21,24)(H,22,23)/t16-/m0/s1. The Kier molecular flexibility index (Phi) is 6.07. The van der Waals surface area contributed by atoms with Gasteiger partial charge in [0.2, 0.25) is 0 Å². The van der Waals surface area contributed by atoms with Gasteiger partial charge in [-0.1, -0.05) is 0 Å². The highest BCUT2D eigenvalue weighted by molar-refractivity contribution is 7.91. The molecular weight excluding hydrogens is 396 g/mol. The lowest BCUT2D eigenvalue weighted by Gasteiger charge is -2.12. The normalized spacial score (nSPS) is 17.4. The van der Waals surface area contributed by atoms with Crippen LogP contribution in [-0.2, 0) is 9.84 Å². The number of amides is 2. The molecule has 0 aliphatic carbocycles. The van der Waals surface area contributed by atoms with Gasteiger partial charge in [-0.3, -0.25) is 9.59 Å². The van der Waals surface area contributed by atoms with E-state index in [-0.39, 0.29) is 29.4 Å². The van der Waals surface area contributed by atoms with Gasteiger partial charge in [-0.25, -0.2) is 8.42 Å². The molecule has 2 aromatic rings. The van der Waals surface area contributed by atoms with Crippen LogP contribution in [0.3, 0.4) is 0 Å². The van der Waals surface area contributed by atoms with Crippen LogP contribution in [0.2, 0.25) is 0 Å². The van der Waals surface area contributed by atoms with E-state index in [4.69, 9.17) is 9.47 Å². The van der Waals surface area contributed by atoms with E-state index in [2.05, 4.69) is 10.6 Å². The average Bonchev–Trinajstić information content (AvgIpc) is 3.05. The number of hydrogen-bond donors (Lipinski definition) is 2. The smallest absolute Gasteiger partial charge is 0.255 e. The fraction of sp³-hybridized carbons (Fsp3) is 0.300. The number of sulfone groups is 1. The summed E-state index contributed by atoms with van der Waals surface area (Å²) < 4.78 is 33.3. The van der Waals surface area contributed by atoms with E-state index in [1.54, 1.807) is 42.5 Å². The molecule has 1 aliphatic rings. The molecule has 1 fully saturated rings. The Labute approximate surface area is 169 Å². The quantitative estimate of drug-likeness (QED) is 0.741. The Hall–Kier alpha value is -3.07. The first-order valence-electron chi connectivity index (χ1n) is 8.96. The number of rotatable bonds is 6. The maximum atomic E-state index is 12.4. The van der Waals surface area contributed by atoms with Gasteiger partial charge in [0, 0.05) is 22.9 Å². The summed E-state index contributed by atoms with van der Waals surface area (Å²) in [6.07, 6.45) is 0.424. The van der Waals surface area contributed by atoms with Crippen molar-refractivity contribution >= 4 is 27.3 Å². The Morgan fingerprint density at radius 2 is 1.59 bits per heavy atom. The number of carbonyl (C=O) groups is 2. The van der Waals surface area contributed by atoms with Crippen molar-refractivity contribution in [3.63, 3.8) is 0 Å². The van der Waals surface area contributed by atoms with Crippen LogP contribution in [0.25, 0.3) is 0 Å². The van der Waals surface area contributed by atoms with Gasteiger partial charge in [0.1, 0.15) is 0 Å². The molecule has 0 radical (unpaired) electrons. The minimum atomic E-state index is -3.06. The number of nitrogens with one attached hydrogen (secondary N) is 2. The summed E-state index contributed by atoms with van der Waals surface area (Å²) in [5.74, 6) is 0.358. The third-order valence-corrected chi connectivity index (χ3v) is 6.39. The van der Waals surface area contributed by atoms with Crippen molar-refractivity contribution in [2.24, 2.45) is 0 Å². The molecule has 1 atom stereocenters. The first-order valence-corrected chi connectivity index (χ1v) is 10.8. The highest BCUT2D eigenvalue weighted by atomic mass is 32.2. The summed E-state index contributed by atoms with van der Waals surface area (Å²) >= 11 is 0. The molecule has 0 aromatic heterocycles. The van der Waals surface area contributed by atoms with Gasteiger partial charge in [-0.2, -0.15) is 0 Å². The summed E-state index contributed by atoms with van der Waals surface area (Å²) in [5, 5.41) is 5.48. The van der Waals surface area contributed by atoms with Crippen LogP contribution >= 0.6 is 0 Å². The second-order valence-electron chi connectivity index (χ2n) is 6.67. The SMILES string of the molecule is COc1ccc(C(=O)Nc2ccc(C(=O)N[C@H]3CCS(=O)(=O)C3)cc2)cc1OC. The third kappa shape index (κ3) is 5.05. The minimum absolute atomic E-state index is 0.0296. The van der Waals surface area contributed by atoms with E-state index in [1.807, 2.05) is 0 Å². The number of ether oxygens (including phenoxy) is 2. The first-order chi connectivity index (χ1) is 13.8. The van der Waals surface area contributed by atoms with Crippen LogP contribution in [0.1, 0.15) is 27.1 Å². The van der Waals surface area contributed by atoms with Crippen molar-refractivity contribution in [1.29, 1.82) is 0 Å². The monoisotopic (exact) mass is 418 g/mol. The van der Waals surface area contributed by atoms with E-state index in [9.17, 15) is 18.0 Å². The van der Waals surface area contributed by atoms with Gasteiger partial charge in [-0.05, 0) is 48.9 Å². The molecule has 1 heterocycles. The largest absolute Gasteiger partial charge is 0.493 e. The molecule has 0 bridgehead atoms. The summed E-state index contributed by atoms with van der Waals surface area (Å²) in [7, 11) is -0.0532. The Morgan fingerprint density at radius 1 is 0.931 bits per heavy atom. The molecule has 2 amide bonds. The van der Waals surface area contributed by atoms with Crippen LogP contribution in [0.5, 0.6) is 11.5 Å². The van der Waals surface area contributed by atoms with Gasteiger partial charge < -0.3 is 20.1 Å². The maximum absolute atomic E-state index is 12.4. The summed E-state index contributed by atoms with van der Waals surface area (Å²) in [6, 6.07) is 10.8. The van der Waals surface area contributed by atoms with Crippen molar-refractivity contribution in [2.45, 2.75) is 12.5 Å². The summed E-state index contributed by atoms with van der Waals surface area (Å²) in [6.45, 7) is 0. The van der Waals surface area contributed by atoms with Crippen molar-refractivity contribution in [1.82, 2.24) is 5.32 Å². The summed E-state index contributed by atoms with van der Waals surface area (Å²) in [4.78, 5) is 24.7. The van der Waals surface area contributed by atoms with Crippen molar-refractivity contribution < 1.29 is 27.5 Å². The lowest BCUT2D eigenvalue weighted by Crippen LogP contribution is -2.35. The molecule has 9 heteroatoms. The predicted molar refractivity (Wildman–Crippen MR) is 108 cm³/mol. The van der Waals surface area contributed by atoms with E-state index < -0.39 is 9.84 Å². The fourth-order valence-corrected chi connectivity index (χ4v) is 4.74. The zero-order chi connectivity index (χ0) is 21.0. The third-order valence-electron chi connectivity index (χ3n) is 4.62. The minimum Gasteiger partial charge on any atom is -0.493 e. The number of hydrogen-bond acceptors (Lipinski definition) is 6. The molecule has 1 aliphatic heterocycles. The molecule has 0 unspecified atom stereocenters. The zero-order valence-corrected chi connectivity index (χ0v) is 16.9. The predicted octanol–water partition coefficient (Wildman–Crippen LogP) is 1.87. The molecule has 0 spiro atoms. The summed E-state index contributed by atoms with van der Waals surface area (Å²) in [5.41, 5.74) is 1.30. The highest BCUT2D eigenvalue weighted by Crippen LogP contribution is 2.28. The topological polar surface area (TPSA) is 111 Å². The number of anilines is 1. The molecule has 2 aromatic carbocycles. The van der Waals surface area contributed by atoms with Gasteiger partial charge in [0.05, 0.1) is 25.7 Å². The van der Waals surface area contributed by atoms with Crippen LogP contribution in [0, 0.1) is 0 Å². The second-order valence-corrected chi connectivity index (χ2v) is 8.90. The average molecular weight is 418 g/mol.